The highest BCUT2D eigenvalue weighted by molar-refractivity contribution is 5.97. The molecule has 20 nitrogen and oxygen atoms in total. The molecule has 0 bridgehead atoms. The number of hydrogen-bond donors (Lipinski definition) is 10. The number of fused-ring (bicyclic) bond motifs is 1. The Bertz CT molecular complexity index is 2950. The van der Waals surface area contributed by atoms with Crippen molar-refractivity contribution in [3.05, 3.63) is 174 Å². The maximum absolute atomic E-state index is 15.3. The molecule has 1 saturated heterocycles. The van der Waals surface area contributed by atoms with E-state index in [1.165, 1.54) is 4.90 Å². The highest BCUT2D eigenvalue weighted by atomic mass is 16.6. The molecule has 410 valence electrons. The van der Waals surface area contributed by atoms with Gasteiger partial charge in [0.15, 0.2) is 0 Å². The first-order chi connectivity index (χ1) is 37.8. The fraction of sp³-hybridized carbons (Fsp3) is 0.328. The van der Waals surface area contributed by atoms with Crippen LogP contribution in [-0.4, -0.2) is 119 Å². The molecule has 0 spiro atoms. The fourth-order valence-electron chi connectivity index (χ4n) is 9.25. The van der Waals surface area contributed by atoms with E-state index < -0.39 is 84.0 Å². The second kappa shape index (κ2) is 28.5. The summed E-state index contributed by atoms with van der Waals surface area (Å²) < 4.78 is 11.7. The molecule has 1 fully saturated rings. The summed E-state index contributed by atoms with van der Waals surface area (Å²) in [5.74, 6) is -4.47. The normalized spacial score (nSPS) is 15.9. The summed E-state index contributed by atoms with van der Waals surface area (Å²) in [6.45, 7) is 0.630. The molecule has 1 aliphatic heterocycles. The van der Waals surface area contributed by atoms with Gasteiger partial charge in [-0.2, -0.15) is 0 Å². The lowest BCUT2D eigenvalue weighted by Crippen LogP contribution is -2.59. The lowest BCUT2D eigenvalue weighted by molar-refractivity contribution is -0.143. The molecule has 7 rings (SSSR count). The summed E-state index contributed by atoms with van der Waals surface area (Å²) in [7, 11) is 0. The van der Waals surface area contributed by atoms with Crippen LogP contribution in [0.15, 0.2) is 146 Å². The lowest BCUT2D eigenvalue weighted by atomic mass is 10.0. The highest BCUT2D eigenvalue weighted by Crippen LogP contribution is 2.26. The van der Waals surface area contributed by atoms with Crippen LogP contribution in [0.2, 0.25) is 0 Å². The summed E-state index contributed by atoms with van der Waals surface area (Å²) in [6, 6.07) is 33.2. The number of nitrogens with one attached hydrogen (secondary N) is 6. The lowest BCUT2D eigenvalue weighted by Gasteiger charge is -2.31. The molecule has 13 N–H and O–H groups in total. The number of para-hydroxylation sites is 1. The Morgan fingerprint density at radius 3 is 1.95 bits per heavy atom. The Labute approximate surface area is 452 Å². The van der Waals surface area contributed by atoms with Crippen LogP contribution in [0.3, 0.4) is 0 Å². The van der Waals surface area contributed by atoms with Crippen molar-refractivity contribution in [3.8, 4) is 5.75 Å². The monoisotopic (exact) mass is 1060 g/mol. The van der Waals surface area contributed by atoms with E-state index in [0.717, 1.165) is 16.5 Å². The summed E-state index contributed by atoms with van der Waals surface area (Å²) >= 11 is 0. The third-order valence-electron chi connectivity index (χ3n) is 13.4. The van der Waals surface area contributed by atoms with Gasteiger partial charge in [-0.25, -0.2) is 9.59 Å². The zero-order chi connectivity index (χ0) is 55.4. The van der Waals surface area contributed by atoms with Crippen molar-refractivity contribution in [2.75, 3.05) is 26.2 Å². The zero-order valence-corrected chi connectivity index (χ0v) is 43.2. The number of alkyl carbamates (subject to hydrolysis) is 1. The zero-order valence-electron chi connectivity index (χ0n) is 43.2. The van der Waals surface area contributed by atoms with Crippen molar-refractivity contribution in [1.29, 1.82) is 0 Å². The van der Waals surface area contributed by atoms with Gasteiger partial charge in [-0.15, -0.1) is 0 Å². The highest BCUT2D eigenvalue weighted by Gasteiger charge is 2.45. The number of H-pyrrole nitrogens is 1. The third kappa shape index (κ3) is 16.2. The number of unbranched alkanes of at least 4 members (excludes halogenated alkanes) is 1. The number of hydrogen-bond acceptors (Lipinski definition) is 12. The Morgan fingerprint density at radius 2 is 1.27 bits per heavy atom. The van der Waals surface area contributed by atoms with Gasteiger partial charge in [-0.05, 0) is 65.4 Å². The van der Waals surface area contributed by atoms with Crippen molar-refractivity contribution in [2.24, 2.45) is 17.2 Å². The number of aromatic nitrogens is 1. The van der Waals surface area contributed by atoms with Crippen LogP contribution < -0.4 is 48.5 Å². The minimum atomic E-state index is -1.47. The maximum atomic E-state index is 15.3. The molecule has 0 saturated carbocycles. The van der Waals surface area contributed by atoms with Crippen LogP contribution in [0.25, 0.3) is 10.9 Å². The number of nitrogens with two attached hydrogens (primary N) is 3. The number of aliphatic carboxylic acids is 1. The number of carbonyl (C=O) groups is 7. The van der Waals surface area contributed by atoms with Crippen molar-refractivity contribution in [2.45, 2.75) is 93.9 Å². The Hall–Kier alpha value is -8.59. The van der Waals surface area contributed by atoms with Crippen LogP contribution in [0.4, 0.5) is 4.79 Å². The molecule has 1 aliphatic rings. The van der Waals surface area contributed by atoms with Crippen molar-refractivity contribution in [3.63, 3.8) is 0 Å². The number of carbonyl (C=O) groups excluding carboxylic acids is 6. The van der Waals surface area contributed by atoms with Crippen LogP contribution >= 0.6 is 0 Å². The van der Waals surface area contributed by atoms with Gasteiger partial charge in [-0.1, -0.05) is 128 Å². The van der Waals surface area contributed by atoms with Gasteiger partial charge in [0.2, 0.25) is 29.5 Å². The molecule has 6 amide bonds. The molecule has 2 heterocycles. The number of rotatable bonds is 27. The second-order valence-electron chi connectivity index (χ2n) is 19.1. The summed E-state index contributed by atoms with van der Waals surface area (Å²) in [6.07, 6.45) is 0.892. The largest absolute Gasteiger partial charge is 0.489 e. The van der Waals surface area contributed by atoms with Crippen LogP contribution in [0.1, 0.15) is 59.5 Å². The van der Waals surface area contributed by atoms with Gasteiger partial charge in [0.25, 0.3) is 0 Å². The third-order valence-corrected chi connectivity index (χ3v) is 13.4. The van der Waals surface area contributed by atoms with E-state index in [0.29, 0.717) is 60.4 Å². The van der Waals surface area contributed by atoms with Gasteiger partial charge < -0.3 is 68.2 Å². The molecular formula is C58H68N10O10. The first-order valence-electron chi connectivity index (χ1n) is 26.0. The fourth-order valence-corrected chi connectivity index (χ4v) is 9.25. The van der Waals surface area contributed by atoms with Crippen molar-refractivity contribution in [1.82, 2.24) is 36.5 Å². The average Bonchev–Trinajstić information content (AvgIpc) is 4.09. The number of nitrogens with zero attached hydrogens (tertiary/aromatic N) is 1. The number of carboxylic acid groups (broad SMARTS) is 1. The SMILES string of the molecule is NCCCC[C@H](N)C(=O)N[C@@H](Cc1ccc(OCc2ccccc2)cc1)C(=O)N[C@@H](Cc1ccccc1)C(=O)N1C[C@H](OC(=O)NCCN)C[C@H]1C(=O)N[C@H](C(=O)N[C@H](Cc1c[nH]c2ccccc12)C(=O)O)c1ccccc1. The molecular weight excluding hydrogens is 997 g/mol. The predicted octanol–water partition coefficient (Wildman–Crippen LogP) is 3.28. The van der Waals surface area contributed by atoms with E-state index in [1.54, 1.807) is 91.1 Å². The topological polar surface area (TPSA) is 315 Å². The van der Waals surface area contributed by atoms with Crippen molar-refractivity contribution >= 4 is 52.5 Å². The number of aromatic amines is 1. The quantitative estimate of drug-likeness (QED) is 0.0332. The predicted molar refractivity (Wildman–Crippen MR) is 292 cm³/mol. The second-order valence-corrected chi connectivity index (χ2v) is 19.1. The minimum Gasteiger partial charge on any atom is -0.489 e. The number of likely N-dealkylation sites (tertiary alicyclic amines) is 1. The van der Waals surface area contributed by atoms with E-state index in [2.05, 4.69) is 31.6 Å². The molecule has 6 aromatic rings. The summed E-state index contributed by atoms with van der Waals surface area (Å²) in [5.41, 5.74) is 21.6. The first-order valence-corrected chi connectivity index (χ1v) is 26.0. The van der Waals surface area contributed by atoms with E-state index in [-0.39, 0.29) is 45.3 Å². The van der Waals surface area contributed by atoms with E-state index in [4.69, 9.17) is 26.7 Å². The van der Waals surface area contributed by atoms with Crippen molar-refractivity contribution < 1.29 is 48.1 Å². The molecule has 78 heavy (non-hydrogen) atoms. The first kappa shape index (κ1) is 57.1. The number of amides is 6. The Morgan fingerprint density at radius 1 is 0.654 bits per heavy atom. The molecule has 1 aromatic heterocycles. The molecule has 0 aliphatic carbocycles. The number of carboxylic acids is 1. The van der Waals surface area contributed by atoms with Gasteiger partial charge in [-0.3, -0.25) is 24.0 Å². The van der Waals surface area contributed by atoms with Gasteiger partial charge in [0.1, 0.15) is 48.7 Å². The van der Waals surface area contributed by atoms with Crippen LogP contribution in [-0.2, 0) is 59.4 Å². The summed E-state index contributed by atoms with van der Waals surface area (Å²) in [4.78, 5) is 103. The van der Waals surface area contributed by atoms with E-state index >= 15 is 4.79 Å². The number of ether oxygens (including phenoxy) is 2. The van der Waals surface area contributed by atoms with Crippen LogP contribution in [0, 0.1) is 0 Å². The molecule has 20 heteroatoms. The molecule has 5 aromatic carbocycles. The molecule has 0 radical (unpaired) electrons. The van der Waals surface area contributed by atoms with Crippen LogP contribution in [0.5, 0.6) is 5.75 Å². The number of benzene rings is 5. The Kier molecular flexibility index (Phi) is 20.9. The average molecular weight is 1070 g/mol. The minimum absolute atomic E-state index is 0.0195. The standard InChI is InChI=1S/C58H68N10O10/c59-27-13-12-21-45(61)52(69)64-47(30-38-23-25-42(26-24-38)77-36-39-16-6-2-7-17-39)53(70)65-48(31-37-14-4-1-5-15-37)56(73)68-35-43(78-58(76)62-29-28-60)33-50(68)54(71)67-51(40-18-8-3-9-19-40)55(72)66-49(57(74)75)32-41-34-63-46-22-11-10-20-44(41)46/h1-11,14-20,22-26,34,43,45,47-51,63H,12-13,21,27-33,35-36,59-61H2,(H,62,76)(H,64,69)(H,65,70)(H,66,72)(H,67,71)(H,74,75)/t43-,45+,47+,48+,49-,50+,51+/m1/s1. The molecule has 0 unspecified atom stereocenters. The molecule has 7 atom stereocenters. The Balaban J connectivity index is 1.16. The van der Waals surface area contributed by atoms with Gasteiger partial charge in [0, 0.05) is 55.9 Å². The summed E-state index contributed by atoms with van der Waals surface area (Å²) in [5, 5.41) is 24.8. The smallest absolute Gasteiger partial charge is 0.407 e. The van der Waals surface area contributed by atoms with E-state index in [9.17, 15) is 33.9 Å². The maximum Gasteiger partial charge on any atom is 0.407 e. The van der Waals surface area contributed by atoms with Gasteiger partial charge >= 0.3 is 12.1 Å². The van der Waals surface area contributed by atoms with E-state index in [1.807, 2.05) is 54.6 Å². The van der Waals surface area contributed by atoms with Gasteiger partial charge in [0.05, 0.1) is 12.6 Å².